The molecule has 2 heterocycles. The smallest absolute Gasteiger partial charge is 0.263 e. The molecule has 150 valence electrons. The van der Waals surface area contributed by atoms with Gasteiger partial charge in [0.05, 0.1) is 12.7 Å². The first kappa shape index (κ1) is 19.2. The van der Waals surface area contributed by atoms with Gasteiger partial charge in [-0.3, -0.25) is 9.78 Å². The summed E-state index contributed by atoms with van der Waals surface area (Å²) < 4.78 is 7.32. The second kappa shape index (κ2) is 9.38. The molecule has 4 rings (SSSR count). The fourth-order valence-corrected chi connectivity index (χ4v) is 2.88. The number of nitrogens with zero attached hydrogens (tertiary/aromatic N) is 3. The van der Waals surface area contributed by atoms with Crippen molar-refractivity contribution in [2.75, 3.05) is 17.2 Å². The Balaban J connectivity index is 1.29. The van der Waals surface area contributed by atoms with E-state index in [9.17, 15) is 4.79 Å². The number of para-hydroxylation sites is 1. The summed E-state index contributed by atoms with van der Waals surface area (Å²) in [7, 11) is 0. The summed E-state index contributed by atoms with van der Waals surface area (Å²) in [6, 6.07) is 22.9. The first-order valence-corrected chi connectivity index (χ1v) is 9.52. The van der Waals surface area contributed by atoms with Crippen molar-refractivity contribution in [2.45, 2.75) is 6.54 Å². The summed E-state index contributed by atoms with van der Waals surface area (Å²) in [5.74, 6) is 0.981. The highest BCUT2D eigenvalue weighted by atomic mass is 16.5. The predicted molar refractivity (Wildman–Crippen MR) is 116 cm³/mol. The van der Waals surface area contributed by atoms with Crippen molar-refractivity contribution in [1.82, 2.24) is 14.8 Å². The highest BCUT2D eigenvalue weighted by molar-refractivity contribution is 5.91. The lowest BCUT2D eigenvalue weighted by Gasteiger charge is -2.11. The van der Waals surface area contributed by atoms with Crippen LogP contribution in [0.5, 0.6) is 5.75 Å². The van der Waals surface area contributed by atoms with E-state index in [1.54, 1.807) is 29.3 Å². The van der Waals surface area contributed by atoms with Crippen molar-refractivity contribution in [3.63, 3.8) is 0 Å². The van der Waals surface area contributed by atoms with E-state index in [2.05, 4.69) is 20.7 Å². The van der Waals surface area contributed by atoms with Gasteiger partial charge >= 0.3 is 0 Å². The van der Waals surface area contributed by atoms with Crippen LogP contribution in [0, 0.1) is 0 Å². The first-order chi connectivity index (χ1) is 14.8. The third kappa shape index (κ3) is 5.23. The van der Waals surface area contributed by atoms with E-state index in [1.165, 1.54) is 0 Å². The van der Waals surface area contributed by atoms with Crippen LogP contribution in [0.3, 0.4) is 0 Å². The largest absolute Gasteiger partial charge is 0.484 e. The molecule has 2 aromatic heterocycles. The molecule has 0 atom stereocenters. The number of carbonyl (C=O) groups is 1. The number of amides is 1. The van der Waals surface area contributed by atoms with Crippen LogP contribution in [0.2, 0.25) is 0 Å². The van der Waals surface area contributed by atoms with E-state index >= 15 is 0 Å². The Hall–Kier alpha value is -4.13. The molecule has 0 unspecified atom stereocenters. The molecule has 7 heteroatoms. The number of benzene rings is 2. The molecule has 0 aliphatic carbocycles. The summed E-state index contributed by atoms with van der Waals surface area (Å²) in [6.07, 6.45) is 5.10. The van der Waals surface area contributed by atoms with Gasteiger partial charge in [0.1, 0.15) is 11.6 Å². The minimum Gasteiger partial charge on any atom is -0.484 e. The van der Waals surface area contributed by atoms with Crippen molar-refractivity contribution in [3.05, 3.63) is 97.0 Å². The highest BCUT2D eigenvalue weighted by Gasteiger charge is 2.09. The predicted octanol–water partition coefficient (Wildman–Crippen LogP) is 4.09. The van der Waals surface area contributed by atoms with Gasteiger partial charge < -0.3 is 15.4 Å². The minimum absolute atomic E-state index is 0.0914. The number of carbonyl (C=O) groups excluding carboxylic acids is 1. The summed E-state index contributed by atoms with van der Waals surface area (Å²) in [5.41, 5.74) is 3.00. The molecular formula is C23H21N5O2. The van der Waals surface area contributed by atoms with Gasteiger partial charge in [-0.25, -0.2) is 4.68 Å². The lowest BCUT2D eigenvalue weighted by molar-refractivity contribution is -0.118. The zero-order valence-electron chi connectivity index (χ0n) is 16.2. The molecule has 1 amide bonds. The number of aromatic nitrogens is 3. The van der Waals surface area contributed by atoms with Gasteiger partial charge in [0.2, 0.25) is 0 Å². The SMILES string of the molecule is O=C(COc1ccc(Nc2ccccc2)cc1)Nc1ccnn1Cc1ccncc1. The molecule has 0 aliphatic heterocycles. The normalized spacial score (nSPS) is 10.4. The zero-order chi connectivity index (χ0) is 20.6. The van der Waals surface area contributed by atoms with Crippen molar-refractivity contribution >= 4 is 23.1 Å². The monoisotopic (exact) mass is 399 g/mol. The quantitative estimate of drug-likeness (QED) is 0.466. The summed E-state index contributed by atoms with van der Waals surface area (Å²) in [4.78, 5) is 16.3. The molecular weight excluding hydrogens is 378 g/mol. The van der Waals surface area contributed by atoms with E-state index in [-0.39, 0.29) is 12.5 Å². The van der Waals surface area contributed by atoms with E-state index in [1.807, 2.05) is 66.7 Å². The van der Waals surface area contributed by atoms with Crippen LogP contribution in [0.15, 0.2) is 91.4 Å². The summed E-state index contributed by atoms with van der Waals surface area (Å²) >= 11 is 0. The van der Waals surface area contributed by atoms with Gasteiger partial charge in [-0.05, 0) is 54.1 Å². The lowest BCUT2D eigenvalue weighted by Crippen LogP contribution is -2.22. The molecule has 0 aliphatic rings. The van der Waals surface area contributed by atoms with E-state index in [0.29, 0.717) is 18.1 Å². The van der Waals surface area contributed by atoms with E-state index in [0.717, 1.165) is 16.9 Å². The van der Waals surface area contributed by atoms with Gasteiger partial charge in [0, 0.05) is 29.8 Å². The van der Waals surface area contributed by atoms with Gasteiger partial charge in [0.15, 0.2) is 6.61 Å². The van der Waals surface area contributed by atoms with Crippen LogP contribution < -0.4 is 15.4 Å². The van der Waals surface area contributed by atoms with Crippen molar-refractivity contribution in [3.8, 4) is 5.75 Å². The number of pyridine rings is 1. The van der Waals surface area contributed by atoms with Crippen LogP contribution in [-0.2, 0) is 11.3 Å². The second-order valence-electron chi connectivity index (χ2n) is 6.58. The van der Waals surface area contributed by atoms with Crippen LogP contribution in [-0.4, -0.2) is 27.3 Å². The standard InChI is InChI=1S/C23H21N5O2/c29-23(27-22-12-15-25-28(22)16-18-10-13-24-14-11-18)17-30-21-8-6-20(7-9-21)26-19-4-2-1-3-5-19/h1-15,26H,16-17H2,(H,27,29). The van der Waals surface area contributed by atoms with Crippen LogP contribution in [0.1, 0.15) is 5.56 Å². The molecule has 4 aromatic rings. The maximum absolute atomic E-state index is 12.3. The maximum Gasteiger partial charge on any atom is 0.263 e. The number of nitrogens with one attached hydrogen (secondary N) is 2. The van der Waals surface area contributed by atoms with Gasteiger partial charge in [-0.2, -0.15) is 5.10 Å². The Morgan fingerprint density at radius 2 is 1.60 bits per heavy atom. The Labute approximate surface area is 174 Å². The van der Waals surface area contributed by atoms with Crippen LogP contribution in [0.4, 0.5) is 17.2 Å². The number of rotatable bonds is 8. The molecule has 0 radical (unpaired) electrons. The van der Waals surface area contributed by atoms with Crippen molar-refractivity contribution in [1.29, 1.82) is 0 Å². The Morgan fingerprint density at radius 1 is 0.867 bits per heavy atom. The molecule has 0 saturated heterocycles. The topological polar surface area (TPSA) is 81.1 Å². The fourth-order valence-electron chi connectivity index (χ4n) is 2.88. The molecule has 0 fully saturated rings. The summed E-state index contributed by atoms with van der Waals surface area (Å²) in [6.45, 7) is 0.452. The van der Waals surface area contributed by atoms with E-state index in [4.69, 9.17) is 4.74 Å². The number of anilines is 3. The van der Waals surface area contributed by atoms with Crippen LogP contribution >= 0.6 is 0 Å². The second-order valence-corrected chi connectivity index (χ2v) is 6.58. The first-order valence-electron chi connectivity index (χ1n) is 9.52. The minimum atomic E-state index is -0.252. The highest BCUT2D eigenvalue weighted by Crippen LogP contribution is 2.20. The Morgan fingerprint density at radius 3 is 2.37 bits per heavy atom. The molecule has 2 aromatic carbocycles. The van der Waals surface area contributed by atoms with Gasteiger partial charge in [-0.15, -0.1) is 0 Å². The van der Waals surface area contributed by atoms with Crippen molar-refractivity contribution in [2.24, 2.45) is 0 Å². The third-order valence-corrected chi connectivity index (χ3v) is 4.35. The molecule has 30 heavy (non-hydrogen) atoms. The maximum atomic E-state index is 12.3. The molecule has 0 saturated carbocycles. The summed E-state index contributed by atoms with van der Waals surface area (Å²) in [5, 5.41) is 10.4. The van der Waals surface area contributed by atoms with Crippen molar-refractivity contribution < 1.29 is 9.53 Å². The fraction of sp³-hybridized carbons (Fsp3) is 0.0870. The van der Waals surface area contributed by atoms with Gasteiger partial charge in [-0.1, -0.05) is 18.2 Å². The zero-order valence-corrected chi connectivity index (χ0v) is 16.2. The third-order valence-electron chi connectivity index (χ3n) is 4.35. The molecule has 2 N–H and O–H groups in total. The Bertz CT molecular complexity index is 1080. The Kier molecular flexibility index (Phi) is 6.00. The number of hydrogen-bond donors (Lipinski definition) is 2. The average Bonchev–Trinajstić information content (AvgIpc) is 3.21. The number of hydrogen-bond acceptors (Lipinski definition) is 5. The van der Waals surface area contributed by atoms with Crippen LogP contribution in [0.25, 0.3) is 0 Å². The number of ether oxygens (including phenoxy) is 1. The lowest BCUT2D eigenvalue weighted by atomic mass is 10.2. The average molecular weight is 399 g/mol. The molecule has 7 nitrogen and oxygen atoms in total. The molecule has 0 spiro atoms. The van der Waals surface area contributed by atoms with Gasteiger partial charge in [0.25, 0.3) is 5.91 Å². The molecule has 0 bridgehead atoms. The van der Waals surface area contributed by atoms with E-state index < -0.39 is 0 Å².